The van der Waals surface area contributed by atoms with Crippen molar-refractivity contribution >= 4 is 6.09 Å². The molecule has 2 heterocycles. The molecule has 3 rings (SSSR count). The van der Waals surface area contributed by atoms with Gasteiger partial charge in [0.2, 0.25) is 0 Å². The second kappa shape index (κ2) is 6.72. The van der Waals surface area contributed by atoms with Gasteiger partial charge < -0.3 is 19.5 Å². The molecule has 2 bridgehead atoms. The number of fused-ring (bicyclic) bond motifs is 2. The molecule has 1 aromatic rings. The monoisotopic (exact) mass is 365 g/mol. The van der Waals surface area contributed by atoms with E-state index in [0.29, 0.717) is 30.8 Å². The Kier molecular flexibility index (Phi) is 4.90. The Morgan fingerprint density at radius 1 is 1.27 bits per heavy atom. The van der Waals surface area contributed by atoms with Gasteiger partial charge in [-0.25, -0.2) is 9.18 Å². The lowest BCUT2D eigenvalue weighted by Crippen LogP contribution is -2.53. The van der Waals surface area contributed by atoms with Gasteiger partial charge in [0.15, 0.2) is 0 Å². The molecule has 144 valence electrons. The zero-order valence-electron chi connectivity index (χ0n) is 15.9. The number of carbonyl (C=O) groups excluding carboxylic acids is 1. The predicted molar refractivity (Wildman–Crippen MR) is 95.6 cm³/mol. The van der Waals surface area contributed by atoms with Gasteiger partial charge in [0.1, 0.15) is 17.2 Å². The molecule has 1 aromatic carbocycles. The number of nitrogens with zero attached hydrogens (tertiary/aromatic N) is 1. The van der Waals surface area contributed by atoms with Crippen molar-refractivity contribution in [2.45, 2.75) is 76.7 Å². The van der Waals surface area contributed by atoms with E-state index in [1.807, 2.05) is 27.7 Å². The van der Waals surface area contributed by atoms with E-state index < -0.39 is 17.0 Å². The normalized spacial score (nSPS) is 28.2. The molecular formula is C20H28FNO4. The molecule has 1 N–H and O–H groups in total. The van der Waals surface area contributed by atoms with Gasteiger partial charge in [0, 0.05) is 31.0 Å². The molecule has 2 fully saturated rings. The van der Waals surface area contributed by atoms with E-state index in [4.69, 9.17) is 9.47 Å². The molecule has 2 aliphatic rings. The van der Waals surface area contributed by atoms with Crippen LogP contribution in [0.2, 0.25) is 0 Å². The molecule has 0 spiro atoms. The van der Waals surface area contributed by atoms with Crippen molar-refractivity contribution < 1.29 is 23.8 Å². The lowest BCUT2D eigenvalue weighted by molar-refractivity contribution is -0.0626. The van der Waals surface area contributed by atoms with Crippen LogP contribution >= 0.6 is 0 Å². The Hall–Kier alpha value is -1.82. The highest BCUT2D eigenvalue weighted by Crippen LogP contribution is 2.46. The minimum atomic E-state index is -1.17. The summed E-state index contributed by atoms with van der Waals surface area (Å²) in [6.07, 6.45) is 2.05. The van der Waals surface area contributed by atoms with Crippen LogP contribution in [0.25, 0.3) is 0 Å². The maximum Gasteiger partial charge on any atom is 0.410 e. The Morgan fingerprint density at radius 2 is 1.88 bits per heavy atom. The SMILES string of the molecule is CCOc1cc(F)cc(C2(O)CC3CCC(C2)N3C(=O)OC(C)(C)C)c1. The number of rotatable bonds is 3. The van der Waals surface area contributed by atoms with Crippen molar-refractivity contribution in [1.29, 1.82) is 0 Å². The molecule has 0 aromatic heterocycles. The third-order valence-corrected chi connectivity index (χ3v) is 5.09. The first-order chi connectivity index (χ1) is 12.1. The van der Waals surface area contributed by atoms with Gasteiger partial charge in [-0.05, 0) is 58.2 Å². The van der Waals surface area contributed by atoms with E-state index in [-0.39, 0.29) is 18.2 Å². The van der Waals surface area contributed by atoms with Crippen molar-refractivity contribution in [1.82, 2.24) is 4.90 Å². The summed E-state index contributed by atoms with van der Waals surface area (Å²) >= 11 is 0. The smallest absolute Gasteiger partial charge is 0.410 e. The predicted octanol–water partition coefficient (Wildman–Crippen LogP) is 3.97. The minimum absolute atomic E-state index is 0.104. The Morgan fingerprint density at radius 3 is 2.42 bits per heavy atom. The molecule has 1 amide bonds. The summed E-state index contributed by atoms with van der Waals surface area (Å²) < 4.78 is 24.9. The van der Waals surface area contributed by atoms with Crippen LogP contribution in [0.1, 0.15) is 58.9 Å². The van der Waals surface area contributed by atoms with Crippen LogP contribution in [0.15, 0.2) is 18.2 Å². The minimum Gasteiger partial charge on any atom is -0.494 e. The fourth-order valence-corrected chi connectivity index (χ4v) is 4.15. The number of hydrogen-bond donors (Lipinski definition) is 1. The number of benzene rings is 1. The zero-order valence-corrected chi connectivity index (χ0v) is 15.9. The zero-order chi connectivity index (χ0) is 19.1. The molecule has 26 heavy (non-hydrogen) atoms. The molecule has 0 saturated carbocycles. The fourth-order valence-electron chi connectivity index (χ4n) is 4.15. The van der Waals surface area contributed by atoms with E-state index in [1.165, 1.54) is 12.1 Å². The van der Waals surface area contributed by atoms with Crippen molar-refractivity contribution in [3.63, 3.8) is 0 Å². The van der Waals surface area contributed by atoms with Crippen molar-refractivity contribution in [3.05, 3.63) is 29.6 Å². The van der Waals surface area contributed by atoms with Crippen LogP contribution in [-0.2, 0) is 10.3 Å². The number of halogens is 1. The van der Waals surface area contributed by atoms with Crippen molar-refractivity contribution in [2.75, 3.05) is 6.61 Å². The quantitative estimate of drug-likeness (QED) is 0.880. The van der Waals surface area contributed by atoms with E-state index in [0.717, 1.165) is 12.8 Å². The number of piperidine rings is 1. The largest absolute Gasteiger partial charge is 0.494 e. The molecule has 2 atom stereocenters. The van der Waals surface area contributed by atoms with Crippen molar-refractivity contribution in [3.8, 4) is 5.75 Å². The number of aliphatic hydroxyl groups is 1. The summed E-state index contributed by atoms with van der Waals surface area (Å²) in [5, 5.41) is 11.3. The second-order valence-electron chi connectivity index (χ2n) is 8.32. The van der Waals surface area contributed by atoms with Gasteiger partial charge in [-0.2, -0.15) is 0 Å². The molecule has 0 aliphatic carbocycles. The van der Waals surface area contributed by atoms with Crippen LogP contribution in [0.5, 0.6) is 5.75 Å². The Labute approximate surface area is 154 Å². The van der Waals surface area contributed by atoms with E-state index in [1.54, 1.807) is 11.0 Å². The fraction of sp³-hybridized carbons (Fsp3) is 0.650. The highest BCUT2D eigenvalue weighted by atomic mass is 19.1. The van der Waals surface area contributed by atoms with Crippen LogP contribution in [0.3, 0.4) is 0 Å². The highest BCUT2D eigenvalue weighted by Gasteiger charge is 2.51. The third-order valence-electron chi connectivity index (χ3n) is 5.09. The van der Waals surface area contributed by atoms with Crippen molar-refractivity contribution in [2.24, 2.45) is 0 Å². The summed E-state index contributed by atoms with van der Waals surface area (Å²) in [6, 6.07) is 4.18. The average Bonchev–Trinajstić information content (AvgIpc) is 2.78. The van der Waals surface area contributed by atoms with E-state index in [9.17, 15) is 14.3 Å². The standard InChI is InChI=1S/C20H28FNO4/c1-5-25-17-9-13(8-14(21)10-17)20(24)11-15-6-7-16(12-20)22(15)18(23)26-19(2,3)4/h8-10,15-16,24H,5-7,11-12H2,1-4H3. The highest BCUT2D eigenvalue weighted by molar-refractivity contribution is 5.70. The van der Waals surface area contributed by atoms with E-state index in [2.05, 4.69) is 0 Å². The second-order valence-corrected chi connectivity index (χ2v) is 8.32. The summed E-state index contributed by atoms with van der Waals surface area (Å²) in [6.45, 7) is 7.79. The van der Waals surface area contributed by atoms with Crippen LogP contribution in [0.4, 0.5) is 9.18 Å². The lowest BCUT2D eigenvalue weighted by Gasteiger charge is -2.44. The van der Waals surface area contributed by atoms with Crippen LogP contribution in [-0.4, -0.2) is 40.4 Å². The number of hydrogen-bond acceptors (Lipinski definition) is 4. The first-order valence-corrected chi connectivity index (χ1v) is 9.29. The van der Waals surface area contributed by atoms with Gasteiger partial charge in [-0.15, -0.1) is 0 Å². The van der Waals surface area contributed by atoms with Gasteiger partial charge in [0.25, 0.3) is 0 Å². The average molecular weight is 365 g/mol. The molecule has 5 nitrogen and oxygen atoms in total. The van der Waals surface area contributed by atoms with Gasteiger partial charge >= 0.3 is 6.09 Å². The first-order valence-electron chi connectivity index (χ1n) is 9.29. The molecule has 0 radical (unpaired) electrons. The number of ether oxygens (including phenoxy) is 2. The van der Waals surface area contributed by atoms with Crippen LogP contribution in [0, 0.1) is 5.82 Å². The maximum absolute atomic E-state index is 14.0. The van der Waals surface area contributed by atoms with Gasteiger partial charge in [-0.1, -0.05) is 0 Å². The lowest BCUT2D eigenvalue weighted by atomic mass is 9.80. The first kappa shape index (κ1) is 19.0. The molecule has 6 heteroatoms. The summed E-state index contributed by atoms with van der Waals surface area (Å²) in [5.41, 5.74) is -1.21. The third kappa shape index (κ3) is 3.80. The maximum atomic E-state index is 14.0. The molecule has 2 aliphatic heterocycles. The molecule has 2 saturated heterocycles. The topological polar surface area (TPSA) is 59.0 Å². The van der Waals surface area contributed by atoms with Gasteiger partial charge in [0.05, 0.1) is 12.2 Å². The Balaban J connectivity index is 1.82. The molecule has 2 unspecified atom stereocenters. The number of amides is 1. The van der Waals surface area contributed by atoms with Gasteiger partial charge in [-0.3, -0.25) is 0 Å². The number of carbonyl (C=O) groups is 1. The van der Waals surface area contributed by atoms with Crippen LogP contribution < -0.4 is 4.74 Å². The summed E-state index contributed by atoms with van der Waals surface area (Å²) in [5.74, 6) is -0.0147. The molecular weight excluding hydrogens is 337 g/mol. The summed E-state index contributed by atoms with van der Waals surface area (Å²) in [7, 11) is 0. The Bertz CT molecular complexity index is 671. The van der Waals surface area contributed by atoms with E-state index >= 15 is 0 Å². The summed E-state index contributed by atoms with van der Waals surface area (Å²) in [4.78, 5) is 14.3.